The number of hydrogen-bond donors (Lipinski definition) is 0. The van der Waals surface area contributed by atoms with Gasteiger partial charge >= 0.3 is 6.09 Å². The van der Waals surface area contributed by atoms with Crippen LogP contribution in [-0.2, 0) is 16.6 Å². The van der Waals surface area contributed by atoms with Crippen LogP contribution in [0.25, 0.3) is 11.4 Å². The summed E-state index contributed by atoms with van der Waals surface area (Å²) in [6.45, 7) is 2.60. The summed E-state index contributed by atoms with van der Waals surface area (Å²) < 4.78 is 6.60. The third-order valence-corrected chi connectivity index (χ3v) is 4.54. The molecule has 1 aliphatic rings. The predicted molar refractivity (Wildman–Crippen MR) is 85.0 cm³/mol. The second-order valence-electron chi connectivity index (χ2n) is 5.18. The van der Waals surface area contributed by atoms with Gasteiger partial charge in [-0.3, -0.25) is 4.79 Å². The number of benzene rings is 1. The number of hydrogen-bond acceptors (Lipinski definition) is 6. The Morgan fingerprint density at radius 1 is 1.30 bits per heavy atom. The number of rotatable bonds is 4. The van der Waals surface area contributed by atoms with Gasteiger partial charge in [-0.1, -0.05) is 41.6 Å². The molecule has 0 unspecified atom stereocenters. The maximum atomic E-state index is 12.0. The van der Waals surface area contributed by atoms with E-state index in [1.807, 2.05) is 42.8 Å². The molecule has 1 saturated heterocycles. The lowest BCUT2D eigenvalue weighted by molar-refractivity contribution is -0.125. The molecule has 2 heterocycles. The van der Waals surface area contributed by atoms with Crippen molar-refractivity contribution in [1.29, 1.82) is 0 Å². The van der Waals surface area contributed by atoms with Gasteiger partial charge in [0.1, 0.15) is 6.61 Å². The fraction of sp³-hybridized carbons (Fsp3) is 0.333. The topological polar surface area (TPSA) is 77.3 Å². The highest BCUT2D eigenvalue weighted by Crippen LogP contribution is 2.23. The maximum Gasteiger partial charge on any atom is 0.416 e. The molecule has 1 aliphatic heterocycles. The van der Waals surface area contributed by atoms with Crippen molar-refractivity contribution in [3.05, 3.63) is 29.8 Å². The summed E-state index contributed by atoms with van der Waals surface area (Å²) in [4.78, 5) is 24.5. The largest absolute Gasteiger partial charge is 0.447 e. The van der Waals surface area contributed by atoms with Crippen LogP contribution in [0.15, 0.2) is 29.4 Å². The number of amides is 2. The maximum absolute atomic E-state index is 12.0. The van der Waals surface area contributed by atoms with Crippen LogP contribution in [0, 0.1) is 6.92 Å². The molecule has 1 fully saturated rings. The summed E-state index contributed by atoms with van der Waals surface area (Å²) in [5.41, 5.74) is 2.14. The molecule has 2 amide bonds. The molecule has 0 saturated carbocycles. The highest BCUT2D eigenvalue weighted by atomic mass is 32.2. The van der Waals surface area contributed by atoms with Crippen molar-refractivity contribution in [3.63, 3.8) is 0 Å². The number of cyclic esters (lactones) is 1. The molecule has 0 spiro atoms. The molecule has 0 aliphatic carbocycles. The summed E-state index contributed by atoms with van der Waals surface area (Å²) >= 11 is 1.25. The van der Waals surface area contributed by atoms with Gasteiger partial charge in [-0.2, -0.15) is 0 Å². The third-order valence-electron chi connectivity index (χ3n) is 3.53. The van der Waals surface area contributed by atoms with E-state index in [9.17, 15) is 9.59 Å². The fourth-order valence-electron chi connectivity index (χ4n) is 2.22. The zero-order valence-electron chi connectivity index (χ0n) is 12.9. The first-order valence-corrected chi connectivity index (χ1v) is 8.11. The first-order chi connectivity index (χ1) is 11.1. The van der Waals surface area contributed by atoms with E-state index in [0.717, 1.165) is 16.3 Å². The van der Waals surface area contributed by atoms with Gasteiger partial charge in [0.15, 0.2) is 11.0 Å². The van der Waals surface area contributed by atoms with E-state index in [2.05, 4.69) is 10.2 Å². The van der Waals surface area contributed by atoms with Crippen molar-refractivity contribution in [1.82, 2.24) is 19.7 Å². The van der Waals surface area contributed by atoms with E-state index in [-0.39, 0.29) is 18.3 Å². The molecule has 1 aromatic carbocycles. The average molecular weight is 332 g/mol. The zero-order chi connectivity index (χ0) is 16.4. The van der Waals surface area contributed by atoms with E-state index >= 15 is 0 Å². The molecule has 1 aromatic heterocycles. The zero-order valence-corrected chi connectivity index (χ0v) is 13.7. The van der Waals surface area contributed by atoms with Gasteiger partial charge in [0.25, 0.3) is 0 Å². The molecule has 23 heavy (non-hydrogen) atoms. The molecule has 0 bridgehead atoms. The number of imide groups is 1. The first-order valence-electron chi connectivity index (χ1n) is 7.12. The average Bonchev–Trinajstić information content (AvgIpc) is 3.12. The van der Waals surface area contributed by atoms with Crippen molar-refractivity contribution in [3.8, 4) is 11.4 Å². The van der Waals surface area contributed by atoms with Gasteiger partial charge in [0, 0.05) is 12.6 Å². The quantitative estimate of drug-likeness (QED) is 0.795. The van der Waals surface area contributed by atoms with Crippen molar-refractivity contribution < 1.29 is 14.3 Å². The summed E-state index contributed by atoms with van der Waals surface area (Å²) in [7, 11) is 1.85. The second kappa shape index (κ2) is 6.41. The van der Waals surface area contributed by atoms with Gasteiger partial charge < -0.3 is 9.30 Å². The molecule has 3 rings (SSSR count). The van der Waals surface area contributed by atoms with E-state index in [1.54, 1.807) is 0 Å². The number of nitrogens with zero attached hydrogens (tertiary/aromatic N) is 4. The Balaban J connectivity index is 1.69. The van der Waals surface area contributed by atoms with Crippen LogP contribution in [0.2, 0.25) is 0 Å². The minimum Gasteiger partial charge on any atom is -0.447 e. The lowest BCUT2D eigenvalue weighted by Crippen LogP contribution is -2.33. The highest BCUT2D eigenvalue weighted by Gasteiger charge is 2.28. The highest BCUT2D eigenvalue weighted by molar-refractivity contribution is 7.99. The Kier molecular flexibility index (Phi) is 4.33. The van der Waals surface area contributed by atoms with E-state index in [0.29, 0.717) is 11.7 Å². The minimum atomic E-state index is -0.575. The number of thioether (sulfide) groups is 1. The Morgan fingerprint density at radius 2 is 2.04 bits per heavy atom. The number of carbonyl (C=O) groups is 2. The summed E-state index contributed by atoms with van der Waals surface area (Å²) in [6, 6.07) is 8.00. The molecule has 0 N–H and O–H groups in total. The normalized spacial score (nSPS) is 14.2. The van der Waals surface area contributed by atoms with Crippen molar-refractivity contribution in [2.24, 2.45) is 7.05 Å². The van der Waals surface area contributed by atoms with Crippen molar-refractivity contribution in [2.75, 3.05) is 18.9 Å². The van der Waals surface area contributed by atoms with Crippen LogP contribution in [0.4, 0.5) is 4.79 Å². The molecular weight excluding hydrogens is 316 g/mol. The van der Waals surface area contributed by atoms with Crippen LogP contribution in [0.1, 0.15) is 5.56 Å². The summed E-state index contributed by atoms with van der Waals surface area (Å²) in [5, 5.41) is 8.93. The smallest absolute Gasteiger partial charge is 0.416 e. The first kappa shape index (κ1) is 15.5. The van der Waals surface area contributed by atoms with Crippen LogP contribution in [0.5, 0.6) is 0 Å². The monoisotopic (exact) mass is 332 g/mol. The van der Waals surface area contributed by atoms with Gasteiger partial charge in [-0.25, -0.2) is 9.69 Å². The van der Waals surface area contributed by atoms with Gasteiger partial charge in [0.05, 0.1) is 12.3 Å². The van der Waals surface area contributed by atoms with Crippen LogP contribution in [0.3, 0.4) is 0 Å². The van der Waals surface area contributed by atoms with Crippen molar-refractivity contribution >= 4 is 23.8 Å². The van der Waals surface area contributed by atoms with Gasteiger partial charge in [-0.05, 0) is 6.92 Å². The van der Waals surface area contributed by atoms with Crippen LogP contribution < -0.4 is 0 Å². The van der Waals surface area contributed by atoms with E-state index < -0.39 is 6.09 Å². The molecule has 7 nitrogen and oxygen atoms in total. The molecule has 0 radical (unpaired) electrons. The van der Waals surface area contributed by atoms with Crippen LogP contribution >= 0.6 is 11.8 Å². The fourth-order valence-corrected chi connectivity index (χ4v) is 3.01. The molecular formula is C15H16N4O3S. The number of aryl methyl sites for hydroxylation is 1. The lowest BCUT2D eigenvalue weighted by atomic mass is 10.1. The van der Waals surface area contributed by atoms with Gasteiger partial charge in [0.2, 0.25) is 5.91 Å². The molecule has 8 heteroatoms. The number of carbonyl (C=O) groups excluding carboxylic acids is 2. The van der Waals surface area contributed by atoms with Crippen molar-refractivity contribution in [2.45, 2.75) is 12.1 Å². The SMILES string of the molecule is Cc1ccc(-c2nnc(SCC(=O)N3CCOC3=O)n2C)cc1. The second-order valence-corrected chi connectivity index (χ2v) is 6.12. The standard InChI is InChI=1S/C15H16N4O3S/c1-10-3-5-11(6-4-10)13-16-17-14(18(13)2)23-9-12(20)19-7-8-22-15(19)21/h3-6H,7-9H2,1-2H3. The Morgan fingerprint density at radius 3 is 2.70 bits per heavy atom. The molecule has 120 valence electrons. The molecule has 2 aromatic rings. The summed E-state index contributed by atoms with van der Waals surface area (Å²) in [5.74, 6) is 0.576. The van der Waals surface area contributed by atoms with Crippen LogP contribution in [-0.4, -0.2) is 50.6 Å². The Hall–Kier alpha value is -2.35. The minimum absolute atomic E-state index is 0.120. The number of ether oxygens (including phenoxy) is 1. The Bertz CT molecular complexity index is 742. The summed E-state index contributed by atoms with van der Waals surface area (Å²) in [6.07, 6.45) is -0.575. The number of aromatic nitrogens is 3. The van der Waals surface area contributed by atoms with E-state index in [1.165, 1.54) is 17.3 Å². The predicted octanol–water partition coefficient (Wildman–Crippen LogP) is 1.86. The van der Waals surface area contributed by atoms with E-state index in [4.69, 9.17) is 4.74 Å². The lowest BCUT2D eigenvalue weighted by Gasteiger charge is -2.09. The van der Waals surface area contributed by atoms with Gasteiger partial charge in [-0.15, -0.1) is 10.2 Å². The third kappa shape index (κ3) is 3.21. The molecule has 0 atom stereocenters. The Labute approximate surface area is 137 Å².